The molecule has 1 aromatic rings. The number of morpholine rings is 1. The van der Waals surface area contributed by atoms with Crippen molar-refractivity contribution >= 4 is 11.7 Å². The molecule has 23 heavy (non-hydrogen) atoms. The van der Waals surface area contributed by atoms with Gasteiger partial charge in [0.2, 0.25) is 5.91 Å². The molecule has 1 aliphatic heterocycles. The number of nitrogens with zero attached hydrogens (tertiary/aromatic N) is 1. The van der Waals surface area contributed by atoms with E-state index in [9.17, 15) is 9.59 Å². The van der Waals surface area contributed by atoms with Gasteiger partial charge in [-0.3, -0.25) is 9.59 Å². The zero-order valence-corrected chi connectivity index (χ0v) is 14.3. The van der Waals surface area contributed by atoms with Crippen LogP contribution in [0.4, 0.5) is 0 Å². The summed E-state index contributed by atoms with van der Waals surface area (Å²) in [5.74, 6) is 0.600. The Morgan fingerprint density at radius 3 is 2.78 bits per heavy atom. The molecule has 0 aromatic heterocycles. The van der Waals surface area contributed by atoms with Crippen molar-refractivity contribution in [1.29, 1.82) is 0 Å². The fraction of sp³-hybridized carbons (Fsp3) is 0.556. The van der Waals surface area contributed by atoms with E-state index in [1.807, 2.05) is 25.7 Å². The zero-order valence-electron chi connectivity index (χ0n) is 14.3. The molecule has 5 nitrogen and oxygen atoms in total. The summed E-state index contributed by atoms with van der Waals surface area (Å²) in [6.45, 7) is 7.02. The normalized spacial score (nSPS) is 20.2. The van der Waals surface area contributed by atoms with Crippen LogP contribution in [0.3, 0.4) is 0 Å². The highest BCUT2D eigenvalue weighted by atomic mass is 16.5. The maximum absolute atomic E-state index is 12.5. The van der Waals surface area contributed by atoms with Crippen molar-refractivity contribution in [2.24, 2.45) is 0 Å². The second kappa shape index (κ2) is 7.13. The second-order valence-electron chi connectivity index (χ2n) is 6.59. The standard InChI is InChI=1S/C18H25NO4/c1-13-11-19(18(2,3)12-23-13)17(21)9-8-16(20)14-6-5-7-15(10-14)22-4/h5-7,10,13H,8-9,11-12H2,1-4H3. The molecule has 126 valence electrons. The Bertz CT molecular complexity index is 582. The first-order valence-corrected chi connectivity index (χ1v) is 7.93. The van der Waals surface area contributed by atoms with E-state index in [4.69, 9.17) is 9.47 Å². The Labute approximate surface area is 137 Å². The highest BCUT2D eigenvalue weighted by Gasteiger charge is 2.36. The average Bonchev–Trinajstić information content (AvgIpc) is 2.54. The second-order valence-corrected chi connectivity index (χ2v) is 6.59. The number of benzene rings is 1. The fourth-order valence-corrected chi connectivity index (χ4v) is 2.72. The monoisotopic (exact) mass is 319 g/mol. The number of rotatable bonds is 5. The third-order valence-corrected chi connectivity index (χ3v) is 4.15. The van der Waals surface area contributed by atoms with Crippen LogP contribution >= 0.6 is 0 Å². The van der Waals surface area contributed by atoms with Crippen LogP contribution in [0.25, 0.3) is 0 Å². The van der Waals surface area contributed by atoms with Crippen molar-refractivity contribution in [1.82, 2.24) is 4.90 Å². The molecule has 1 amide bonds. The SMILES string of the molecule is COc1cccc(C(=O)CCC(=O)N2CC(C)OCC2(C)C)c1. The van der Waals surface area contributed by atoms with Crippen LogP contribution < -0.4 is 4.74 Å². The molecule has 1 atom stereocenters. The number of carbonyl (C=O) groups excluding carboxylic acids is 2. The molecule has 0 saturated carbocycles. The largest absolute Gasteiger partial charge is 0.497 e. The van der Waals surface area contributed by atoms with Gasteiger partial charge in [0.1, 0.15) is 5.75 Å². The van der Waals surface area contributed by atoms with Gasteiger partial charge in [-0.05, 0) is 32.9 Å². The van der Waals surface area contributed by atoms with Crippen LogP contribution in [-0.4, -0.2) is 48.5 Å². The topological polar surface area (TPSA) is 55.8 Å². The van der Waals surface area contributed by atoms with Crippen LogP contribution in [0.5, 0.6) is 5.75 Å². The molecule has 1 aliphatic rings. The van der Waals surface area contributed by atoms with Gasteiger partial charge in [-0.2, -0.15) is 0 Å². The summed E-state index contributed by atoms with van der Waals surface area (Å²) in [4.78, 5) is 26.6. The summed E-state index contributed by atoms with van der Waals surface area (Å²) in [6.07, 6.45) is 0.445. The molecule has 1 unspecified atom stereocenters. The van der Waals surface area contributed by atoms with Crippen molar-refractivity contribution in [3.05, 3.63) is 29.8 Å². The minimum atomic E-state index is -0.331. The van der Waals surface area contributed by atoms with E-state index in [0.717, 1.165) is 0 Å². The zero-order chi connectivity index (χ0) is 17.0. The summed E-state index contributed by atoms with van der Waals surface area (Å²) in [5.41, 5.74) is 0.245. The summed E-state index contributed by atoms with van der Waals surface area (Å²) in [5, 5.41) is 0. The van der Waals surface area contributed by atoms with Gasteiger partial charge in [0.15, 0.2) is 5.78 Å². The molecule has 0 aliphatic carbocycles. The number of ether oxygens (including phenoxy) is 2. The van der Waals surface area contributed by atoms with Gasteiger partial charge < -0.3 is 14.4 Å². The first kappa shape index (κ1) is 17.5. The predicted octanol–water partition coefficient (Wildman–Crippen LogP) is 2.68. The molecule has 0 radical (unpaired) electrons. The number of hydrogen-bond donors (Lipinski definition) is 0. The van der Waals surface area contributed by atoms with Crippen LogP contribution in [-0.2, 0) is 9.53 Å². The third-order valence-electron chi connectivity index (χ3n) is 4.15. The Morgan fingerprint density at radius 1 is 1.35 bits per heavy atom. The smallest absolute Gasteiger partial charge is 0.223 e. The highest BCUT2D eigenvalue weighted by molar-refractivity contribution is 5.98. The van der Waals surface area contributed by atoms with E-state index < -0.39 is 0 Å². The van der Waals surface area contributed by atoms with Crippen LogP contribution in [0.2, 0.25) is 0 Å². The minimum absolute atomic E-state index is 0.00129. The summed E-state index contributed by atoms with van der Waals surface area (Å²) in [7, 11) is 1.56. The lowest BCUT2D eigenvalue weighted by Gasteiger charge is -2.44. The number of hydrogen-bond acceptors (Lipinski definition) is 4. The first-order chi connectivity index (χ1) is 10.8. The van der Waals surface area contributed by atoms with Crippen molar-refractivity contribution in [3.63, 3.8) is 0 Å². The Kier molecular flexibility index (Phi) is 5.42. The maximum atomic E-state index is 12.5. The number of carbonyl (C=O) groups is 2. The minimum Gasteiger partial charge on any atom is -0.497 e. The number of ketones is 1. The quantitative estimate of drug-likeness (QED) is 0.783. The van der Waals surface area contributed by atoms with E-state index in [-0.39, 0.29) is 36.2 Å². The van der Waals surface area contributed by atoms with Crippen molar-refractivity contribution in [2.45, 2.75) is 45.3 Å². The molecular formula is C18H25NO4. The lowest BCUT2D eigenvalue weighted by molar-refractivity contribution is -0.152. The van der Waals surface area contributed by atoms with Crippen molar-refractivity contribution < 1.29 is 19.1 Å². The molecule has 5 heteroatoms. The summed E-state index contributed by atoms with van der Waals surface area (Å²) in [6, 6.07) is 7.02. The van der Waals surface area contributed by atoms with Gasteiger partial charge in [-0.1, -0.05) is 12.1 Å². The molecule has 0 N–H and O–H groups in total. The van der Waals surface area contributed by atoms with Crippen LogP contribution in [0.15, 0.2) is 24.3 Å². The Balaban J connectivity index is 1.96. The van der Waals surface area contributed by atoms with E-state index in [1.165, 1.54) is 0 Å². The number of amides is 1. The van der Waals surface area contributed by atoms with E-state index in [1.54, 1.807) is 31.4 Å². The van der Waals surface area contributed by atoms with Gasteiger partial charge in [-0.15, -0.1) is 0 Å². The van der Waals surface area contributed by atoms with Gasteiger partial charge in [0.25, 0.3) is 0 Å². The van der Waals surface area contributed by atoms with E-state index in [0.29, 0.717) is 24.5 Å². The summed E-state index contributed by atoms with van der Waals surface area (Å²) < 4.78 is 10.7. The van der Waals surface area contributed by atoms with Crippen molar-refractivity contribution in [2.75, 3.05) is 20.3 Å². The molecule has 1 saturated heterocycles. The van der Waals surface area contributed by atoms with E-state index in [2.05, 4.69) is 0 Å². The average molecular weight is 319 g/mol. The van der Waals surface area contributed by atoms with Crippen LogP contribution in [0, 0.1) is 0 Å². The van der Waals surface area contributed by atoms with Crippen molar-refractivity contribution in [3.8, 4) is 5.75 Å². The fourth-order valence-electron chi connectivity index (χ4n) is 2.72. The molecule has 0 spiro atoms. The maximum Gasteiger partial charge on any atom is 0.223 e. The van der Waals surface area contributed by atoms with E-state index >= 15 is 0 Å². The number of Topliss-reactive ketones (excluding diaryl/α,β-unsaturated/α-hetero) is 1. The van der Waals surface area contributed by atoms with Gasteiger partial charge in [-0.25, -0.2) is 0 Å². The van der Waals surface area contributed by atoms with Gasteiger partial charge in [0.05, 0.1) is 25.4 Å². The number of methoxy groups -OCH3 is 1. The molecule has 1 fully saturated rings. The van der Waals surface area contributed by atoms with Gasteiger partial charge >= 0.3 is 0 Å². The Morgan fingerprint density at radius 2 is 2.09 bits per heavy atom. The molecule has 2 rings (SSSR count). The Hall–Kier alpha value is -1.88. The molecule has 1 heterocycles. The molecule has 1 aromatic carbocycles. The van der Waals surface area contributed by atoms with Gasteiger partial charge in [0, 0.05) is 24.9 Å². The lowest BCUT2D eigenvalue weighted by Crippen LogP contribution is -2.57. The highest BCUT2D eigenvalue weighted by Crippen LogP contribution is 2.23. The molecular weight excluding hydrogens is 294 g/mol. The first-order valence-electron chi connectivity index (χ1n) is 7.93. The summed E-state index contributed by atoms with van der Waals surface area (Å²) >= 11 is 0. The van der Waals surface area contributed by atoms with Crippen LogP contribution in [0.1, 0.15) is 44.0 Å². The lowest BCUT2D eigenvalue weighted by atomic mass is 9.99. The molecule has 0 bridgehead atoms. The predicted molar refractivity (Wildman–Crippen MR) is 87.8 cm³/mol. The third kappa shape index (κ3) is 4.32.